The first-order valence-electron chi connectivity index (χ1n) is 5.82. The lowest BCUT2D eigenvalue weighted by atomic mass is 10.2. The van der Waals surface area contributed by atoms with Gasteiger partial charge in [-0.1, -0.05) is 6.07 Å². The van der Waals surface area contributed by atoms with Gasteiger partial charge in [-0.15, -0.1) is 0 Å². The van der Waals surface area contributed by atoms with E-state index in [4.69, 9.17) is 4.74 Å². The lowest BCUT2D eigenvalue weighted by molar-refractivity contribution is -0.137. The van der Waals surface area contributed by atoms with E-state index < -0.39 is 24.3 Å². The van der Waals surface area contributed by atoms with Gasteiger partial charge in [0.25, 0.3) is 5.91 Å². The summed E-state index contributed by atoms with van der Waals surface area (Å²) in [6, 6.07) is 5.92. The summed E-state index contributed by atoms with van der Waals surface area (Å²) < 4.78 is 42.5. The van der Waals surface area contributed by atoms with E-state index in [0.29, 0.717) is 0 Å². The van der Waals surface area contributed by atoms with E-state index in [2.05, 4.69) is 15.3 Å². The quantitative estimate of drug-likeness (QED) is 0.941. The largest absolute Gasteiger partial charge is 0.453 e. The van der Waals surface area contributed by atoms with Crippen molar-refractivity contribution in [3.63, 3.8) is 0 Å². The number of hydrogen-bond donors (Lipinski definition) is 1. The Morgan fingerprint density at radius 2 is 1.90 bits per heavy atom. The van der Waals surface area contributed by atoms with Crippen LogP contribution in [0.15, 0.2) is 42.7 Å². The van der Waals surface area contributed by atoms with Gasteiger partial charge in [0, 0.05) is 18.1 Å². The molecule has 0 atom stereocenters. The summed E-state index contributed by atoms with van der Waals surface area (Å²) in [4.78, 5) is 19.1. The Labute approximate surface area is 117 Å². The maximum Gasteiger partial charge on any atom is 0.416 e. The zero-order valence-corrected chi connectivity index (χ0v) is 10.6. The maximum atomic E-state index is 12.5. The first-order valence-corrected chi connectivity index (χ1v) is 5.82. The number of carbonyl (C=O) groups excluding carboxylic acids is 1. The lowest BCUT2D eigenvalue weighted by Crippen LogP contribution is -2.21. The topological polar surface area (TPSA) is 64.1 Å². The van der Waals surface area contributed by atoms with Crippen LogP contribution in [0.1, 0.15) is 5.56 Å². The fraction of sp³-hybridized carbons (Fsp3) is 0.154. The Hall–Kier alpha value is -2.64. The highest BCUT2D eigenvalue weighted by Crippen LogP contribution is 2.30. The fourth-order valence-corrected chi connectivity index (χ4v) is 1.46. The number of anilines is 1. The van der Waals surface area contributed by atoms with E-state index in [1.807, 2.05) is 0 Å². The van der Waals surface area contributed by atoms with Gasteiger partial charge < -0.3 is 10.1 Å². The summed E-state index contributed by atoms with van der Waals surface area (Å²) in [5.74, 6) is -0.609. The van der Waals surface area contributed by atoms with Crippen LogP contribution in [0.3, 0.4) is 0 Å². The van der Waals surface area contributed by atoms with Crippen molar-refractivity contribution >= 4 is 11.6 Å². The zero-order chi connectivity index (χ0) is 15.3. The molecule has 8 heteroatoms. The molecule has 2 rings (SSSR count). The van der Waals surface area contributed by atoms with E-state index >= 15 is 0 Å². The van der Waals surface area contributed by atoms with E-state index in [1.54, 1.807) is 6.07 Å². The molecule has 0 aliphatic heterocycles. The Morgan fingerprint density at radius 1 is 1.19 bits per heavy atom. The van der Waals surface area contributed by atoms with Crippen molar-refractivity contribution < 1.29 is 22.7 Å². The number of nitrogens with zero attached hydrogens (tertiary/aromatic N) is 2. The van der Waals surface area contributed by atoms with Crippen LogP contribution in [-0.2, 0) is 11.0 Å². The van der Waals surface area contributed by atoms with Gasteiger partial charge in [-0.05, 0) is 24.3 Å². The molecule has 1 heterocycles. The van der Waals surface area contributed by atoms with Crippen LogP contribution in [0.25, 0.3) is 0 Å². The van der Waals surface area contributed by atoms with Gasteiger partial charge in [-0.2, -0.15) is 13.2 Å². The van der Waals surface area contributed by atoms with Crippen molar-refractivity contribution in [3.05, 3.63) is 48.3 Å². The van der Waals surface area contributed by atoms with Crippen LogP contribution in [0.4, 0.5) is 18.9 Å². The molecule has 0 fully saturated rings. The Balaban J connectivity index is 1.94. The Morgan fingerprint density at radius 3 is 2.57 bits per heavy atom. The number of aromatic nitrogens is 2. The minimum absolute atomic E-state index is 0.0108. The molecule has 5 nitrogen and oxygen atoms in total. The van der Waals surface area contributed by atoms with Crippen LogP contribution in [-0.4, -0.2) is 22.5 Å². The van der Waals surface area contributed by atoms with Crippen LogP contribution in [0, 0.1) is 0 Å². The molecule has 21 heavy (non-hydrogen) atoms. The molecule has 1 N–H and O–H groups in total. The SMILES string of the molecule is O=C(COc1ncccn1)Nc1cccc(C(F)(F)F)c1. The third-order valence-electron chi connectivity index (χ3n) is 2.35. The molecule has 0 radical (unpaired) electrons. The minimum Gasteiger partial charge on any atom is -0.453 e. The van der Waals surface area contributed by atoms with Gasteiger partial charge in [-0.25, -0.2) is 9.97 Å². The Bertz CT molecular complexity index is 618. The molecule has 0 spiro atoms. The summed E-state index contributed by atoms with van der Waals surface area (Å²) in [6.07, 6.45) is -1.59. The molecule has 2 aromatic rings. The summed E-state index contributed by atoms with van der Waals surface area (Å²) in [6.45, 7) is -0.403. The summed E-state index contributed by atoms with van der Waals surface area (Å²) in [5.41, 5.74) is -0.806. The Kier molecular flexibility index (Phi) is 4.36. The minimum atomic E-state index is -4.46. The van der Waals surface area contributed by atoms with E-state index in [-0.39, 0.29) is 11.7 Å². The summed E-state index contributed by atoms with van der Waals surface area (Å²) >= 11 is 0. The van der Waals surface area contributed by atoms with Gasteiger partial charge >= 0.3 is 12.2 Å². The summed E-state index contributed by atoms with van der Waals surface area (Å²) in [5, 5.41) is 2.31. The van der Waals surface area contributed by atoms with Gasteiger partial charge in [0.1, 0.15) is 0 Å². The van der Waals surface area contributed by atoms with Gasteiger partial charge in [0.05, 0.1) is 5.56 Å². The van der Waals surface area contributed by atoms with Crippen molar-refractivity contribution in [1.82, 2.24) is 9.97 Å². The highest BCUT2D eigenvalue weighted by atomic mass is 19.4. The highest BCUT2D eigenvalue weighted by molar-refractivity contribution is 5.91. The van der Waals surface area contributed by atoms with Crippen LogP contribution < -0.4 is 10.1 Å². The number of alkyl halides is 3. The van der Waals surface area contributed by atoms with E-state index in [1.165, 1.54) is 24.5 Å². The zero-order valence-electron chi connectivity index (χ0n) is 10.6. The number of carbonyl (C=O) groups is 1. The predicted octanol–water partition coefficient (Wildman–Crippen LogP) is 2.51. The second-order valence-corrected chi connectivity index (χ2v) is 3.95. The third kappa shape index (κ3) is 4.44. The molecular formula is C13H10F3N3O2. The molecule has 1 aromatic heterocycles. The summed E-state index contributed by atoms with van der Waals surface area (Å²) in [7, 11) is 0. The smallest absolute Gasteiger partial charge is 0.416 e. The second-order valence-electron chi connectivity index (χ2n) is 3.95. The number of amides is 1. The van der Waals surface area contributed by atoms with Crippen molar-refractivity contribution in [1.29, 1.82) is 0 Å². The maximum absolute atomic E-state index is 12.5. The number of hydrogen-bond acceptors (Lipinski definition) is 4. The number of benzene rings is 1. The molecule has 1 amide bonds. The fourth-order valence-electron chi connectivity index (χ4n) is 1.46. The highest BCUT2D eigenvalue weighted by Gasteiger charge is 2.30. The molecule has 0 aliphatic carbocycles. The molecule has 0 bridgehead atoms. The number of halogens is 3. The van der Waals surface area contributed by atoms with E-state index in [9.17, 15) is 18.0 Å². The van der Waals surface area contributed by atoms with Crippen molar-refractivity contribution in [2.75, 3.05) is 11.9 Å². The van der Waals surface area contributed by atoms with Crippen molar-refractivity contribution in [2.45, 2.75) is 6.18 Å². The molecule has 1 aromatic carbocycles. The van der Waals surface area contributed by atoms with Crippen molar-refractivity contribution in [3.8, 4) is 6.01 Å². The predicted molar refractivity (Wildman–Crippen MR) is 67.6 cm³/mol. The second kappa shape index (κ2) is 6.21. The van der Waals surface area contributed by atoms with Crippen LogP contribution >= 0.6 is 0 Å². The van der Waals surface area contributed by atoms with Gasteiger partial charge in [-0.3, -0.25) is 4.79 Å². The monoisotopic (exact) mass is 297 g/mol. The number of nitrogens with one attached hydrogen (secondary N) is 1. The number of ether oxygens (including phenoxy) is 1. The standard InChI is InChI=1S/C13H10F3N3O2/c14-13(15,16)9-3-1-4-10(7-9)19-11(20)8-21-12-17-5-2-6-18-12/h1-7H,8H2,(H,19,20). The first kappa shape index (κ1) is 14.8. The molecule has 0 saturated carbocycles. The van der Waals surface area contributed by atoms with Gasteiger partial charge in [0.2, 0.25) is 0 Å². The third-order valence-corrected chi connectivity index (χ3v) is 2.35. The van der Waals surface area contributed by atoms with E-state index in [0.717, 1.165) is 12.1 Å². The molecule has 0 saturated heterocycles. The first-order chi connectivity index (χ1) is 9.95. The molecule has 110 valence electrons. The van der Waals surface area contributed by atoms with Crippen LogP contribution in [0.2, 0.25) is 0 Å². The molecular weight excluding hydrogens is 287 g/mol. The average Bonchev–Trinajstić information content (AvgIpc) is 2.46. The molecule has 0 aliphatic rings. The van der Waals surface area contributed by atoms with Crippen molar-refractivity contribution in [2.24, 2.45) is 0 Å². The molecule has 0 unspecified atom stereocenters. The van der Waals surface area contributed by atoms with Gasteiger partial charge in [0.15, 0.2) is 6.61 Å². The number of rotatable bonds is 4. The average molecular weight is 297 g/mol. The van der Waals surface area contributed by atoms with Crippen LogP contribution in [0.5, 0.6) is 6.01 Å². The lowest BCUT2D eigenvalue weighted by Gasteiger charge is -2.10. The normalized spacial score (nSPS) is 11.0.